The lowest BCUT2D eigenvalue weighted by atomic mass is 9.84. The highest BCUT2D eigenvalue weighted by Crippen LogP contribution is 2.48. The van der Waals surface area contributed by atoms with Crippen LogP contribution in [-0.2, 0) is 65.5 Å². The Morgan fingerprint density at radius 1 is 0.391 bits per heavy atom. The first-order valence-corrected chi connectivity index (χ1v) is 32.2. The van der Waals surface area contributed by atoms with Gasteiger partial charge in [-0.3, -0.25) is 38.4 Å². The first-order valence-electron chi connectivity index (χ1n) is 31.2. The molecule has 0 bridgehead atoms. The molecule has 5 aromatic rings. The lowest BCUT2D eigenvalue weighted by Crippen LogP contribution is -2.49. The fraction of sp³-hybridized carbons (Fsp3) is 0.406. The van der Waals surface area contributed by atoms with Crippen LogP contribution < -0.4 is 42.5 Å². The molecule has 492 valence electrons. The van der Waals surface area contributed by atoms with Gasteiger partial charge in [0.05, 0.1) is 29.6 Å². The van der Waals surface area contributed by atoms with Crippen molar-refractivity contribution in [3.63, 3.8) is 0 Å². The lowest BCUT2D eigenvalue weighted by molar-refractivity contribution is -0.143. The highest BCUT2D eigenvalue weighted by molar-refractivity contribution is 8.01. The zero-order valence-corrected chi connectivity index (χ0v) is 52.6. The van der Waals surface area contributed by atoms with Crippen LogP contribution in [-0.4, -0.2) is 137 Å². The third-order valence-corrected chi connectivity index (χ3v) is 16.7. The minimum atomic E-state index is -1.32. The van der Waals surface area contributed by atoms with Gasteiger partial charge in [-0.15, -0.1) is 11.8 Å². The molecule has 0 aliphatic rings. The minimum Gasteiger partial charge on any atom is -0.481 e. The first-order chi connectivity index (χ1) is 44.4. The summed E-state index contributed by atoms with van der Waals surface area (Å²) in [5.74, 6) is -7.95. The normalized spacial score (nSPS) is 12.3. The second-order valence-corrected chi connectivity index (χ2v) is 23.5. The summed E-state index contributed by atoms with van der Waals surface area (Å²) in [6.45, 7) is 0.0755. The number of thioether (sulfide) groups is 1. The van der Waals surface area contributed by atoms with Gasteiger partial charge in [0.2, 0.25) is 35.4 Å². The number of hydrogen-bond donors (Lipinski definition) is 11. The summed E-state index contributed by atoms with van der Waals surface area (Å²) in [7, 11) is 0. The lowest BCUT2D eigenvalue weighted by Gasteiger charge is -2.35. The van der Waals surface area contributed by atoms with Gasteiger partial charge in [-0.2, -0.15) is 0 Å². The summed E-state index contributed by atoms with van der Waals surface area (Å²) in [5, 5.41) is 49.2. The molecule has 0 aliphatic carbocycles. The van der Waals surface area contributed by atoms with Gasteiger partial charge in [-0.05, 0) is 98.4 Å². The van der Waals surface area contributed by atoms with E-state index in [9.17, 15) is 57.8 Å². The number of Topliss-reactive ketones (excluding diaryl/α,β-unsaturated/α-hetero) is 1. The third-order valence-electron chi connectivity index (χ3n) is 15.1. The van der Waals surface area contributed by atoms with E-state index in [0.717, 1.165) is 35.1 Å². The molecule has 5 aromatic carbocycles. The van der Waals surface area contributed by atoms with Crippen molar-refractivity contribution in [2.75, 3.05) is 38.5 Å². The van der Waals surface area contributed by atoms with Crippen molar-refractivity contribution in [1.29, 1.82) is 0 Å². The number of unbranched alkanes of at least 4 members (excludes halogenated alkanes) is 6. The molecule has 0 heterocycles. The highest BCUT2D eigenvalue weighted by atomic mass is 32.2. The molecule has 0 saturated carbocycles. The van der Waals surface area contributed by atoms with Gasteiger partial charge < -0.3 is 57.9 Å². The average Bonchev–Trinajstić information content (AvgIpc) is 0.766. The van der Waals surface area contributed by atoms with Crippen LogP contribution in [0.2, 0.25) is 0 Å². The molecule has 0 saturated heterocycles. The van der Waals surface area contributed by atoms with E-state index in [0.29, 0.717) is 63.5 Å². The highest BCUT2D eigenvalue weighted by Gasteiger charge is 2.38. The summed E-state index contributed by atoms with van der Waals surface area (Å²) in [4.78, 5) is 140. The summed E-state index contributed by atoms with van der Waals surface area (Å²) >= 11 is 1.41. The number of aliphatic carboxylic acids is 3. The molecule has 4 atom stereocenters. The van der Waals surface area contributed by atoms with Crippen LogP contribution in [0.15, 0.2) is 152 Å². The minimum absolute atomic E-state index is 0.0135. The van der Waals surface area contributed by atoms with E-state index in [-0.39, 0.29) is 69.2 Å². The zero-order chi connectivity index (χ0) is 66.4. The van der Waals surface area contributed by atoms with Gasteiger partial charge in [-0.1, -0.05) is 165 Å². The van der Waals surface area contributed by atoms with Crippen LogP contribution in [0, 0.1) is 5.92 Å². The van der Waals surface area contributed by atoms with Crippen LogP contribution in [0.1, 0.15) is 124 Å². The Morgan fingerprint density at radius 3 is 1.33 bits per heavy atom. The van der Waals surface area contributed by atoms with Gasteiger partial charge in [0, 0.05) is 51.2 Å². The van der Waals surface area contributed by atoms with Crippen molar-refractivity contribution in [3.8, 4) is 0 Å². The van der Waals surface area contributed by atoms with Crippen molar-refractivity contribution in [2.24, 2.45) is 5.92 Å². The molecule has 8 amide bonds. The molecule has 0 fully saturated rings. The molecule has 11 N–H and O–H groups in total. The number of hydrogen-bond acceptors (Lipinski definition) is 12. The van der Waals surface area contributed by atoms with E-state index in [1.54, 1.807) is 60.7 Å². The third kappa shape index (κ3) is 27.4. The summed E-state index contributed by atoms with van der Waals surface area (Å²) in [6, 6.07) is 43.0. The average molecular weight is 1280 g/mol. The maximum Gasteiger partial charge on any atom is 0.326 e. The largest absolute Gasteiger partial charge is 0.481 e. The Morgan fingerprint density at radius 2 is 0.826 bits per heavy atom. The van der Waals surface area contributed by atoms with Crippen LogP contribution in [0.4, 0.5) is 4.79 Å². The zero-order valence-electron chi connectivity index (χ0n) is 51.7. The number of carboxylic acid groups (broad SMARTS) is 3. The van der Waals surface area contributed by atoms with Gasteiger partial charge in [-0.25, -0.2) is 14.4 Å². The van der Waals surface area contributed by atoms with Gasteiger partial charge in [0.25, 0.3) is 0 Å². The van der Waals surface area contributed by atoms with Gasteiger partial charge >= 0.3 is 23.9 Å². The van der Waals surface area contributed by atoms with E-state index < -0.39 is 102 Å². The van der Waals surface area contributed by atoms with Crippen LogP contribution in [0.3, 0.4) is 0 Å². The Labute approximate surface area is 541 Å². The van der Waals surface area contributed by atoms with E-state index in [1.807, 2.05) is 91.0 Å². The molecule has 0 radical (unpaired) electrons. The number of carbonyl (C=O) groups excluding carboxylic acids is 8. The monoisotopic (exact) mass is 1280 g/mol. The van der Waals surface area contributed by atoms with Crippen molar-refractivity contribution in [3.05, 3.63) is 179 Å². The molecule has 23 heteroatoms. The molecular weight excluding hydrogens is 1200 g/mol. The number of carboxylic acids is 3. The molecular formula is C69H86N8O14S. The second kappa shape index (κ2) is 41.1. The quantitative estimate of drug-likeness (QED) is 0.0145. The summed E-state index contributed by atoms with van der Waals surface area (Å²) < 4.78 is -0.765. The topological polar surface area (TPSA) is 345 Å². The predicted octanol–water partition coefficient (Wildman–Crippen LogP) is 6.59. The van der Waals surface area contributed by atoms with Gasteiger partial charge in [0.1, 0.15) is 12.1 Å². The Bertz CT molecular complexity index is 3050. The molecule has 22 nitrogen and oxygen atoms in total. The van der Waals surface area contributed by atoms with Crippen LogP contribution >= 0.6 is 11.8 Å². The number of carbonyl (C=O) groups is 11. The van der Waals surface area contributed by atoms with E-state index in [4.69, 9.17) is 10.2 Å². The Kier molecular flexibility index (Phi) is 32.8. The smallest absolute Gasteiger partial charge is 0.326 e. The van der Waals surface area contributed by atoms with Crippen molar-refractivity contribution in [2.45, 2.75) is 132 Å². The second-order valence-electron chi connectivity index (χ2n) is 22.3. The molecule has 0 aromatic heterocycles. The fourth-order valence-electron chi connectivity index (χ4n) is 10.2. The predicted molar refractivity (Wildman–Crippen MR) is 349 cm³/mol. The maximum atomic E-state index is 14.4. The fourth-order valence-corrected chi connectivity index (χ4v) is 11.6. The van der Waals surface area contributed by atoms with Crippen molar-refractivity contribution >= 4 is 76.9 Å². The Balaban J connectivity index is 1.02. The maximum absolute atomic E-state index is 14.4. The molecule has 0 spiro atoms. The number of benzene rings is 5. The van der Waals surface area contributed by atoms with E-state index in [1.165, 1.54) is 11.8 Å². The SMILES string of the molecule is O=C(O)CC[C@H](NC(=O)NCCCCCNC(=O)CCCCCCC(=O)NCCCCC(NC(=O)C(CC(=O)C(Cc1ccccc1)NC(=O)CNC(=O)CNC(=O)CSC(c1ccccc1)(c1ccccc1)c1ccccc1)Cc1ccccc1)C(=O)O)C(=O)O. The van der Waals surface area contributed by atoms with E-state index >= 15 is 0 Å². The van der Waals surface area contributed by atoms with Gasteiger partial charge in [0.15, 0.2) is 5.78 Å². The number of amides is 8. The first kappa shape index (κ1) is 73.4. The molecule has 92 heavy (non-hydrogen) atoms. The Hall–Kier alpha value is -9.38. The summed E-state index contributed by atoms with van der Waals surface area (Å²) in [6.07, 6.45) is 5.28. The van der Waals surface area contributed by atoms with Crippen LogP contribution in [0.25, 0.3) is 0 Å². The number of nitrogens with one attached hydrogen (secondary N) is 8. The van der Waals surface area contributed by atoms with E-state index in [2.05, 4.69) is 42.5 Å². The number of rotatable bonds is 44. The van der Waals surface area contributed by atoms with Crippen LogP contribution in [0.5, 0.6) is 0 Å². The van der Waals surface area contributed by atoms with Crippen molar-refractivity contribution in [1.82, 2.24) is 42.5 Å². The molecule has 5 rings (SSSR count). The standard InChI is InChI=1S/C69H86N8O14S/c78-58(57(44-50-27-11-4-12-28-50)75-62(82)47-73-61(81)46-74-63(83)48-92-69(52-29-13-5-14-30-52,53-31-15-6-16-32-53)54-33-17-7-18-34-54)45-51(43-49-25-9-3-10-26-49)65(86)76-55(66(87)88)35-21-24-41-71-60(80)37-20-2-1-19-36-59(79)70-40-22-8-23-42-72-68(91)77-56(67(89)90)38-39-64(84)85/h3-7,9-18,25-34,51,55-57H,1-2,8,19-24,35-48H2,(H,70,79)(H,71,80)(H,73,81)(H,74,83)(H,75,82)(H,76,86)(H,84,85)(H,87,88)(H,89,90)(H2,72,77,91)/t51?,55?,56-,57?/m0/s1. The number of ketones is 1. The number of urea groups is 1. The molecule has 3 unspecified atom stereocenters. The molecule has 0 aliphatic heterocycles. The van der Waals surface area contributed by atoms with Crippen molar-refractivity contribution < 1.29 is 68.1 Å². The summed E-state index contributed by atoms with van der Waals surface area (Å²) in [5.41, 5.74) is 4.34.